The number of hydrogen-bond donors (Lipinski definition) is 1. The van der Waals surface area contributed by atoms with Crippen molar-refractivity contribution in [2.45, 2.75) is 32.1 Å². The third-order valence-corrected chi connectivity index (χ3v) is 4.98. The highest BCUT2D eigenvalue weighted by atomic mass is 32.2. The first-order valence-electron chi connectivity index (χ1n) is 7.28. The van der Waals surface area contributed by atoms with Crippen molar-refractivity contribution in [3.63, 3.8) is 0 Å². The Bertz CT molecular complexity index is 613. The summed E-state index contributed by atoms with van der Waals surface area (Å²) in [5, 5.41) is 10.9. The van der Waals surface area contributed by atoms with Gasteiger partial charge in [0.05, 0.1) is 9.82 Å². The van der Waals surface area contributed by atoms with E-state index in [1.54, 1.807) is 6.92 Å². The number of nitro benzene ring substituents is 1. The van der Waals surface area contributed by atoms with Crippen LogP contribution in [0, 0.1) is 17.0 Å². The van der Waals surface area contributed by atoms with Crippen molar-refractivity contribution in [3.05, 3.63) is 33.9 Å². The predicted octanol–water partition coefficient (Wildman–Crippen LogP) is 1.91. The molecule has 1 rings (SSSR count). The Balaban J connectivity index is 2.71. The van der Waals surface area contributed by atoms with Crippen molar-refractivity contribution in [3.8, 4) is 0 Å². The quantitative estimate of drug-likeness (QED) is 0.424. The topological polar surface area (TPSA) is 92.6 Å². The summed E-state index contributed by atoms with van der Waals surface area (Å²) in [7, 11) is -3.72. The Hall–Kier alpha value is -1.51. The number of sulfonamides is 1. The van der Waals surface area contributed by atoms with Gasteiger partial charge in [-0.2, -0.15) is 0 Å². The van der Waals surface area contributed by atoms with E-state index in [9.17, 15) is 18.5 Å². The molecule has 0 saturated carbocycles. The van der Waals surface area contributed by atoms with E-state index in [0.29, 0.717) is 18.5 Å². The number of nitro groups is 1. The van der Waals surface area contributed by atoms with Gasteiger partial charge in [0.25, 0.3) is 5.69 Å². The Morgan fingerprint density at radius 3 is 2.45 bits per heavy atom. The minimum atomic E-state index is -3.72. The van der Waals surface area contributed by atoms with E-state index in [4.69, 9.17) is 0 Å². The molecule has 0 aliphatic carbocycles. The molecule has 0 atom stereocenters. The summed E-state index contributed by atoms with van der Waals surface area (Å²) in [6.07, 6.45) is 0.689. The normalized spacial score (nSPS) is 11.8. The van der Waals surface area contributed by atoms with Gasteiger partial charge in [0, 0.05) is 18.2 Å². The average Bonchev–Trinajstić information content (AvgIpc) is 2.47. The summed E-state index contributed by atoms with van der Waals surface area (Å²) >= 11 is 0. The Kier molecular flexibility index (Phi) is 6.92. The van der Waals surface area contributed by atoms with E-state index in [-0.39, 0.29) is 10.6 Å². The molecule has 0 aromatic heterocycles. The van der Waals surface area contributed by atoms with Crippen molar-refractivity contribution in [1.29, 1.82) is 0 Å². The van der Waals surface area contributed by atoms with Crippen LogP contribution in [-0.2, 0) is 10.0 Å². The van der Waals surface area contributed by atoms with Crippen LogP contribution in [0.4, 0.5) is 5.69 Å². The standard InChI is InChI=1S/C14H23N3O4S/c1-4-16(5-2)10-6-9-15-22(20,21)13-8-7-12(3)14(11-13)17(18)19/h7-8,11,15H,4-6,9-10H2,1-3H3. The van der Waals surface area contributed by atoms with Gasteiger partial charge >= 0.3 is 0 Å². The van der Waals surface area contributed by atoms with Crippen LogP contribution in [0.2, 0.25) is 0 Å². The lowest BCUT2D eigenvalue weighted by molar-refractivity contribution is -0.385. The van der Waals surface area contributed by atoms with Gasteiger partial charge in [-0.25, -0.2) is 13.1 Å². The van der Waals surface area contributed by atoms with Gasteiger partial charge in [0.1, 0.15) is 0 Å². The van der Waals surface area contributed by atoms with Crippen LogP contribution in [0.15, 0.2) is 23.1 Å². The van der Waals surface area contributed by atoms with E-state index in [1.165, 1.54) is 12.1 Å². The van der Waals surface area contributed by atoms with Crippen LogP contribution in [0.25, 0.3) is 0 Å². The molecule has 0 aliphatic heterocycles. The molecule has 8 heteroatoms. The van der Waals surface area contributed by atoms with E-state index in [2.05, 4.69) is 23.5 Å². The number of hydrogen-bond acceptors (Lipinski definition) is 5. The van der Waals surface area contributed by atoms with Crippen molar-refractivity contribution < 1.29 is 13.3 Å². The Morgan fingerprint density at radius 2 is 1.91 bits per heavy atom. The molecule has 0 radical (unpaired) electrons. The van der Waals surface area contributed by atoms with Crippen LogP contribution in [0.3, 0.4) is 0 Å². The lowest BCUT2D eigenvalue weighted by atomic mass is 10.2. The third kappa shape index (κ3) is 5.04. The zero-order chi connectivity index (χ0) is 16.8. The number of nitrogens with one attached hydrogen (secondary N) is 1. The molecule has 0 spiro atoms. The molecule has 0 unspecified atom stereocenters. The summed E-state index contributed by atoms with van der Waals surface area (Å²) in [6.45, 7) is 8.65. The molecule has 0 fully saturated rings. The Labute approximate surface area is 131 Å². The van der Waals surface area contributed by atoms with Crippen LogP contribution >= 0.6 is 0 Å². The molecule has 1 aromatic rings. The van der Waals surface area contributed by atoms with E-state index >= 15 is 0 Å². The minimum absolute atomic E-state index is 0.0763. The average molecular weight is 329 g/mol. The first kappa shape index (κ1) is 18.5. The maximum absolute atomic E-state index is 12.2. The number of nitrogens with zero attached hydrogens (tertiary/aromatic N) is 2. The second kappa shape index (κ2) is 8.21. The number of aryl methyl sites for hydroxylation is 1. The van der Waals surface area contributed by atoms with Gasteiger partial charge in [-0.1, -0.05) is 19.9 Å². The summed E-state index contributed by atoms with van der Waals surface area (Å²) in [6, 6.07) is 3.93. The van der Waals surface area contributed by atoms with Gasteiger partial charge in [-0.15, -0.1) is 0 Å². The van der Waals surface area contributed by atoms with Crippen molar-refractivity contribution in [2.24, 2.45) is 0 Å². The molecule has 1 aromatic carbocycles. The van der Waals surface area contributed by atoms with Gasteiger partial charge in [-0.3, -0.25) is 10.1 Å². The molecule has 0 heterocycles. The third-order valence-electron chi connectivity index (χ3n) is 3.53. The fourth-order valence-corrected chi connectivity index (χ4v) is 3.18. The molecule has 0 bridgehead atoms. The molecule has 0 saturated heterocycles. The lowest BCUT2D eigenvalue weighted by Gasteiger charge is -2.17. The van der Waals surface area contributed by atoms with Gasteiger partial charge < -0.3 is 4.90 Å². The first-order chi connectivity index (χ1) is 10.3. The molecule has 0 amide bonds. The zero-order valence-electron chi connectivity index (χ0n) is 13.2. The Morgan fingerprint density at radius 1 is 1.27 bits per heavy atom. The monoisotopic (exact) mass is 329 g/mol. The number of rotatable bonds is 9. The minimum Gasteiger partial charge on any atom is -0.304 e. The second-order valence-electron chi connectivity index (χ2n) is 4.98. The van der Waals surface area contributed by atoms with Crippen LogP contribution in [-0.4, -0.2) is 44.4 Å². The van der Waals surface area contributed by atoms with Gasteiger partial charge in [0.2, 0.25) is 10.0 Å². The van der Waals surface area contributed by atoms with Crippen LogP contribution < -0.4 is 4.72 Å². The smallest absolute Gasteiger partial charge is 0.273 e. The molecule has 22 heavy (non-hydrogen) atoms. The summed E-state index contributed by atoms with van der Waals surface area (Å²) in [4.78, 5) is 12.4. The molecule has 7 nitrogen and oxygen atoms in total. The largest absolute Gasteiger partial charge is 0.304 e. The summed E-state index contributed by atoms with van der Waals surface area (Å²) < 4.78 is 26.8. The maximum Gasteiger partial charge on any atom is 0.273 e. The molecular weight excluding hydrogens is 306 g/mol. The highest BCUT2D eigenvalue weighted by Crippen LogP contribution is 2.21. The fraction of sp³-hybridized carbons (Fsp3) is 0.571. The van der Waals surface area contributed by atoms with Crippen LogP contribution in [0.1, 0.15) is 25.8 Å². The van der Waals surface area contributed by atoms with Crippen molar-refractivity contribution >= 4 is 15.7 Å². The fourth-order valence-electron chi connectivity index (χ4n) is 2.09. The van der Waals surface area contributed by atoms with Crippen LogP contribution in [0.5, 0.6) is 0 Å². The van der Waals surface area contributed by atoms with E-state index in [0.717, 1.165) is 25.7 Å². The summed E-state index contributed by atoms with van der Waals surface area (Å²) in [5.41, 5.74) is 0.247. The molecule has 1 N–H and O–H groups in total. The second-order valence-corrected chi connectivity index (χ2v) is 6.75. The van der Waals surface area contributed by atoms with E-state index < -0.39 is 14.9 Å². The predicted molar refractivity (Wildman–Crippen MR) is 85.4 cm³/mol. The molecule has 124 valence electrons. The zero-order valence-corrected chi connectivity index (χ0v) is 14.0. The SMILES string of the molecule is CCN(CC)CCCNS(=O)(=O)c1ccc(C)c([N+](=O)[O-])c1. The van der Waals surface area contributed by atoms with E-state index in [1.807, 2.05) is 0 Å². The molecule has 0 aliphatic rings. The van der Waals surface area contributed by atoms with Gasteiger partial charge in [0.15, 0.2) is 0 Å². The van der Waals surface area contributed by atoms with Crippen molar-refractivity contribution in [1.82, 2.24) is 9.62 Å². The molecular formula is C14H23N3O4S. The number of benzene rings is 1. The highest BCUT2D eigenvalue weighted by Gasteiger charge is 2.19. The van der Waals surface area contributed by atoms with Gasteiger partial charge in [-0.05, 0) is 39.0 Å². The van der Waals surface area contributed by atoms with Crippen molar-refractivity contribution in [2.75, 3.05) is 26.2 Å². The lowest BCUT2D eigenvalue weighted by Crippen LogP contribution is -2.30. The maximum atomic E-state index is 12.2. The summed E-state index contributed by atoms with van der Waals surface area (Å²) in [5.74, 6) is 0. The highest BCUT2D eigenvalue weighted by molar-refractivity contribution is 7.89. The first-order valence-corrected chi connectivity index (χ1v) is 8.77.